The maximum atomic E-state index is 11.3. The van der Waals surface area contributed by atoms with E-state index in [9.17, 15) is 9.59 Å². The number of rotatable bonds is 6. The minimum atomic E-state index is -0.972. The molecule has 0 saturated carbocycles. The molecule has 102 valence electrons. The van der Waals surface area contributed by atoms with Crippen LogP contribution in [-0.4, -0.2) is 18.2 Å². The number of hydrogen-bond acceptors (Lipinski definition) is 4. The highest BCUT2D eigenvalue weighted by Gasteiger charge is 2.13. The van der Waals surface area contributed by atoms with Gasteiger partial charge in [0.05, 0.1) is 0 Å². The van der Waals surface area contributed by atoms with E-state index in [1.54, 1.807) is 26.0 Å². The Labute approximate surface area is 113 Å². The van der Waals surface area contributed by atoms with Crippen LogP contribution in [0, 0.1) is 0 Å². The standard InChI is InChI=1S/C15H18O4/c1-3-13(16)18-15(19-14(17)4-2)11-10-12-8-6-5-7-9-12/h5-11,15H,3-4H2,1-2H3/b11-10+. The second-order valence-corrected chi connectivity index (χ2v) is 3.83. The fourth-order valence-corrected chi connectivity index (χ4v) is 1.28. The summed E-state index contributed by atoms with van der Waals surface area (Å²) in [5.74, 6) is -0.821. The first kappa shape index (κ1) is 15.0. The van der Waals surface area contributed by atoms with Crippen LogP contribution in [0.15, 0.2) is 36.4 Å². The predicted molar refractivity (Wildman–Crippen MR) is 72.0 cm³/mol. The van der Waals surface area contributed by atoms with Crippen LogP contribution in [0.5, 0.6) is 0 Å². The number of esters is 2. The topological polar surface area (TPSA) is 52.6 Å². The molecule has 0 aliphatic heterocycles. The number of benzene rings is 1. The minimum Gasteiger partial charge on any atom is -0.421 e. The third-order valence-corrected chi connectivity index (χ3v) is 2.32. The summed E-state index contributed by atoms with van der Waals surface area (Å²) in [6, 6.07) is 9.49. The van der Waals surface area contributed by atoms with Crippen molar-refractivity contribution in [2.24, 2.45) is 0 Å². The molecule has 0 fully saturated rings. The molecular weight excluding hydrogens is 244 g/mol. The van der Waals surface area contributed by atoms with Gasteiger partial charge in [-0.3, -0.25) is 9.59 Å². The van der Waals surface area contributed by atoms with Crippen LogP contribution in [0.3, 0.4) is 0 Å². The van der Waals surface area contributed by atoms with Crippen LogP contribution < -0.4 is 0 Å². The molecule has 0 spiro atoms. The average Bonchev–Trinajstić information content (AvgIpc) is 2.45. The lowest BCUT2D eigenvalue weighted by atomic mass is 10.2. The molecule has 0 radical (unpaired) electrons. The van der Waals surface area contributed by atoms with Crippen LogP contribution in [0.4, 0.5) is 0 Å². The molecule has 0 atom stereocenters. The summed E-state index contributed by atoms with van der Waals surface area (Å²) in [6.07, 6.45) is 2.80. The summed E-state index contributed by atoms with van der Waals surface area (Å²) in [6.45, 7) is 3.36. The van der Waals surface area contributed by atoms with E-state index in [0.717, 1.165) is 5.56 Å². The molecule has 1 aromatic carbocycles. The van der Waals surface area contributed by atoms with Gasteiger partial charge in [0.25, 0.3) is 6.29 Å². The molecule has 19 heavy (non-hydrogen) atoms. The molecule has 1 aromatic rings. The van der Waals surface area contributed by atoms with E-state index >= 15 is 0 Å². The summed E-state index contributed by atoms with van der Waals surface area (Å²) in [4.78, 5) is 22.5. The van der Waals surface area contributed by atoms with E-state index < -0.39 is 18.2 Å². The minimum absolute atomic E-state index is 0.235. The van der Waals surface area contributed by atoms with Crippen molar-refractivity contribution in [3.63, 3.8) is 0 Å². The largest absolute Gasteiger partial charge is 0.421 e. The van der Waals surface area contributed by atoms with Gasteiger partial charge in [0, 0.05) is 12.8 Å². The van der Waals surface area contributed by atoms with Gasteiger partial charge in [-0.15, -0.1) is 0 Å². The second kappa shape index (κ2) is 8.08. The Kier molecular flexibility index (Phi) is 6.36. The van der Waals surface area contributed by atoms with Gasteiger partial charge in [-0.2, -0.15) is 0 Å². The van der Waals surface area contributed by atoms with Crippen LogP contribution in [0.2, 0.25) is 0 Å². The third-order valence-electron chi connectivity index (χ3n) is 2.32. The number of hydrogen-bond donors (Lipinski definition) is 0. The molecule has 0 bridgehead atoms. The van der Waals surface area contributed by atoms with E-state index in [-0.39, 0.29) is 12.8 Å². The Hall–Kier alpha value is -2.10. The Bertz CT molecular complexity index is 419. The number of carbonyl (C=O) groups excluding carboxylic acids is 2. The first-order chi connectivity index (χ1) is 9.15. The van der Waals surface area contributed by atoms with Crippen LogP contribution in [-0.2, 0) is 19.1 Å². The molecule has 0 saturated heterocycles. The van der Waals surface area contributed by atoms with Crippen molar-refractivity contribution < 1.29 is 19.1 Å². The maximum absolute atomic E-state index is 11.3. The highest BCUT2D eigenvalue weighted by atomic mass is 16.7. The van der Waals surface area contributed by atoms with Gasteiger partial charge in [-0.25, -0.2) is 0 Å². The third kappa shape index (κ3) is 5.86. The SMILES string of the molecule is CCC(=O)OC(/C=C/c1ccccc1)OC(=O)CC. The van der Waals surface area contributed by atoms with Crippen molar-refractivity contribution in [1.29, 1.82) is 0 Å². The molecular formula is C15H18O4. The number of carbonyl (C=O) groups is 2. The quantitative estimate of drug-likeness (QED) is 0.584. The highest BCUT2D eigenvalue weighted by molar-refractivity contribution is 5.71. The molecule has 0 N–H and O–H groups in total. The lowest BCUT2D eigenvalue weighted by Crippen LogP contribution is -2.22. The van der Waals surface area contributed by atoms with Gasteiger partial charge >= 0.3 is 11.9 Å². The molecule has 0 unspecified atom stereocenters. The molecule has 0 aromatic heterocycles. The molecule has 0 aliphatic carbocycles. The highest BCUT2D eigenvalue weighted by Crippen LogP contribution is 2.07. The fourth-order valence-electron chi connectivity index (χ4n) is 1.28. The van der Waals surface area contributed by atoms with Gasteiger partial charge in [-0.05, 0) is 11.6 Å². The van der Waals surface area contributed by atoms with Crippen molar-refractivity contribution in [2.75, 3.05) is 0 Å². The van der Waals surface area contributed by atoms with Crippen molar-refractivity contribution in [3.8, 4) is 0 Å². The van der Waals surface area contributed by atoms with Crippen molar-refractivity contribution in [1.82, 2.24) is 0 Å². The Morgan fingerprint density at radius 2 is 1.58 bits per heavy atom. The maximum Gasteiger partial charge on any atom is 0.308 e. The second-order valence-electron chi connectivity index (χ2n) is 3.83. The van der Waals surface area contributed by atoms with Crippen molar-refractivity contribution in [2.45, 2.75) is 33.0 Å². The summed E-state index contributed by atoms with van der Waals surface area (Å²) >= 11 is 0. The van der Waals surface area contributed by atoms with E-state index in [2.05, 4.69) is 0 Å². The van der Waals surface area contributed by atoms with E-state index in [1.165, 1.54) is 0 Å². The smallest absolute Gasteiger partial charge is 0.308 e. The van der Waals surface area contributed by atoms with E-state index in [0.29, 0.717) is 0 Å². The Morgan fingerprint density at radius 3 is 2.05 bits per heavy atom. The molecule has 4 heteroatoms. The normalized spacial score (nSPS) is 10.7. The van der Waals surface area contributed by atoms with Gasteiger partial charge in [-0.1, -0.05) is 50.3 Å². The zero-order valence-corrected chi connectivity index (χ0v) is 11.2. The lowest BCUT2D eigenvalue weighted by Gasteiger charge is -2.14. The molecule has 0 heterocycles. The van der Waals surface area contributed by atoms with E-state index in [4.69, 9.17) is 9.47 Å². The summed E-state index contributed by atoms with van der Waals surface area (Å²) in [5.41, 5.74) is 0.938. The first-order valence-electron chi connectivity index (χ1n) is 6.28. The van der Waals surface area contributed by atoms with Gasteiger partial charge in [0.2, 0.25) is 0 Å². The first-order valence-corrected chi connectivity index (χ1v) is 6.28. The summed E-state index contributed by atoms with van der Waals surface area (Å²) in [7, 11) is 0. The zero-order valence-electron chi connectivity index (χ0n) is 11.2. The van der Waals surface area contributed by atoms with E-state index in [1.807, 2.05) is 30.3 Å². The van der Waals surface area contributed by atoms with Gasteiger partial charge in [0.15, 0.2) is 0 Å². The zero-order chi connectivity index (χ0) is 14.1. The fraction of sp³-hybridized carbons (Fsp3) is 0.333. The Balaban J connectivity index is 2.70. The monoisotopic (exact) mass is 262 g/mol. The summed E-state index contributed by atoms with van der Waals surface area (Å²) < 4.78 is 10.1. The molecule has 1 rings (SSSR count). The lowest BCUT2D eigenvalue weighted by molar-refractivity contribution is -0.178. The molecule has 0 amide bonds. The number of ether oxygens (including phenoxy) is 2. The van der Waals surface area contributed by atoms with Crippen LogP contribution >= 0.6 is 0 Å². The summed E-state index contributed by atoms with van der Waals surface area (Å²) in [5, 5.41) is 0. The van der Waals surface area contributed by atoms with Gasteiger partial charge < -0.3 is 9.47 Å². The van der Waals surface area contributed by atoms with Crippen molar-refractivity contribution in [3.05, 3.63) is 42.0 Å². The van der Waals surface area contributed by atoms with Gasteiger partial charge in [0.1, 0.15) is 0 Å². The van der Waals surface area contributed by atoms with Crippen LogP contribution in [0.1, 0.15) is 32.3 Å². The predicted octanol–water partition coefficient (Wildman–Crippen LogP) is 2.93. The molecule has 4 nitrogen and oxygen atoms in total. The Morgan fingerprint density at radius 1 is 1.05 bits per heavy atom. The molecule has 0 aliphatic rings. The van der Waals surface area contributed by atoms with Crippen LogP contribution in [0.25, 0.3) is 6.08 Å². The van der Waals surface area contributed by atoms with Crippen molar-refractivity contribution >= 4 is 18.0 Å². The average molecular weight is 262 g/mol.